The third kappa shape index (κ3) is 2.34. The van der Waals surface area contributed by atoms with E-state index in [-0.39, 0.29) is 0 Å². The molecule has 0 amide bonds. The fourth-order valence-corrected chi connectivity index (χ4v) is 1.76. The summed E-state index contributed by atoms with van der Waals surface area (Å²) in [6.07, 6.45) is 2.43. The van der Waals surface area contributed by atoms with Crippen molar-refractivity contribution in [3.05, 3.63) is 35.4 Å². The fraction of sp³-hybridized carbons (Fsp3) is 0.500. The third-order valence-electron chi connectivity index (χ3n) is 2.70. The first-order valence-corrected chi connectivity index (χ1v) is 5.17. The first-order chi connectivity index (χ1) is 6.74. The Morgan fingerprint density at radius 2 is 2.21 bits per heavy atom. The zero-order chi connectivity index (χ0) is 9.97. The Hall–Kier alpha value is -0.860. The molecule has 0 aromatic heterocycles. The summed E-state index contributed by atoms with van der Waals surface area (Å²) in [7, 11) is 0. The fourth-order valence-electron chi connectivity index (χ4n) is 1.76. The second-order valence-corrected chi connectivity index (χ2v) is 4.15. The molecule has 1 aliphatic carbocycles. The summed E-state index contributed by atoms with van der Waals surface area (Å²) in [6, 6.07) is 8.81. The summed E-state index contributed by atoms with van der Waals surface area (Å²) in [5.74, 6) is 0. The molecule has 76 valence electrons. The van der Waals surface area contributed by atoms with Crippen molar-refractivity contribution < 1.29 is 4.74 Å². The zero-order valence-corrected chi connectivity index (χ0v) is 8.57. The van der Waals surface area contributed by atoms with Crippen LogP contribution in [0.25, 0.3) is 0 Å². The number of nitrogens with two attached hydrogens (primary N) is 1. The van der Waals surface area contributed by atoms with Crippen molar-refractivity contribution >= 4 is 0 Å². The van der Waals surface area contributed by atoms with Crippen LogP contribution in [0, 0.1) is 6.92 Å². The van der Waals surface area contributed by atoms with Gasteiger partial charge in [-0.3, -0.25) is 0 Å². The number of hydrogen-bond acceptors (Lipinski definition) is 2. The molecule has 0 radical (unpaired) electrons. The minimum absolute atomic E-state index is 0.373. The second-order valence-electron chi connectivity index (χ2n) is 4.15. The van der Waals surface area contributed by atoms with Crippen molar-refractivity contribution in [2.75, 3.05) is 0 Å². The van der Waals surface area contributed by atoms with Gasteiger partial charge in [0, 0.05) is 6.04 Å². The van der Waals surface area contributed by atoms with E-state index in [1.54, 1.807) is 0 Å². The van der Waals surface area contributed by atoms with Gasteiger partial charge in [0.25, 0.3) is 0 Å². The monoisotopic (exact) mass is 191 g/mol. The Morgan fingerprint density at radius 1 is 1.43 bits per heavy atom. The highest BCUT2D eigenvalue weighted by Gasteiger charge is 2.26. The minimum atomic E-state index is 0.373. The minimum Gasteiger partial charge on any atom is -0.373 e. The third-order valence-corrected chi connectivity index (χ3v) is 2.70. The Kier molecular flexibility index (Phi) is 2.85. The molecule has 1 aliphatic rings. The highest BCUT2D eigenvalue weighted by Crippen LogP contribution is 2.22. The molecule has 2 nitrogen and oxygen atoms in total. The smallest absolute Gasteiger partial charge is 0.0720 e. The van der Waals surface area contributed by atoms with Gasteiger partial charge in [0.1, 0.15) is 0 Å². The lowest BCUT2D eigenvalue weighted by molar-refractivity contribution is -0.0188. The highest BCUT2D eigenvalue weighted by molar-refractivity contribution is 5.21. The summed E-state index contributed by atoms with van der Waals surface area (Å²) in [5, 5.41) is 0. The van der Waals surface area contributed by atoms with E-state index in [0.717, 1.165) is 19.4 Å². The normalized spacial score (nSPS) is 25.9. The maximum atomic E-state index is 5.71. The molecule has 0 spiro atoms. The first-order valence-electron chi connectivity index (χ1n) is 5.17. The lowest BCUT2D eigenvalue weighted by Crippen LogP contribution is -2.41. The van der Waals surface area contributed by atoms with Crippen LogP contribution in [-0.4, -0.2) is 12.1 Å². The lowest BCUT2D eigenvalue weighted by atomic mass is 9.90. The van der Waals surface area contributed by atoms with E-state index < -0.39 is 0 Å². The average molecular weight is 191 g/mol. The van der Waals surface area contributed by atoms with Gasteiger partial charge in [-0.2, -0.15) is 0 Å². The van der Waals surface area contributed by atoms with Crippen LogP contribution < -0.4 is 5.73 Å². The standard InChI is InChI=1S/C12H17NO/c1-9-3-2-4-10(5-9)8-14-12-6-11(13)7-12/h2-5,11-12H,6-8,13H2,1H3. The molecule has 0 aliphatic heterocycles. The van der Waals surface area contributed by atoms with Crippen molar-refractivity contribution in [2.45, 2.75) is 38.5 Å². The van der Waals surface area contributed by atoms with Crippen molar-refractivity contribution in [3.63, 3.8) is 0 Å². The molecule has 1 aromatic rings. The molecular weight excluding hydrogens is 174 g/mol. The number of hydrogen-bond donors (Lipinski definition) is 1. The van der Waals surface area contributed by atoms with Gasteiger partial charge >= 0.3 is 0 Å². The lowest BCUT2D eigenvalue weighted by Gasteiger charge is -2.32. The largest absolute Gasteiger partial charge is 0.373 e. The van der Waals surface area contributed by atoms with E-state index in [4.69, 9.17) is 10.5 Å². The van der Waals surface area contributed by atoms with Crippen LogP contribution in [0.1, 0.15) is 24.0 Å². The molecule has 0 saturated heterocycles. The maximum Gasteiger partial charge on any atom is 0.0720 e. The van der Waals surface area contributed by atoms with E-state index in [1.807, 2.05) is 0 Å². The van der Waals surface area contributed by atoms with Crippen LogP contribution in [0.4, 0.5) is 0 Å². The van der Waals surface area contributed by atoms with E-state index in [9.17, 15) is 0 Å². The van der Waals surface area contributed by atoms with Crippen LogP contribution in [0.15, 0.2) is 24.3 Å². The predicted octanol–water partition coefficient (Wildman–Crippen LogP) is 2.00. The Bertz CT molecular complexity index is 305. The molecule has 2 heteroatoms. The molecule has 14 heavy (non-hydrogen) atoms. The van der Waals surface area contributed by atoms with Crippen molar-refractivity contribution in [1.82, 2.24) is 0 Å². The number of ether oxygens (including phenoxy) is 1. The summed E-state index contributed by atoms with van der Waals surface area (Å²) in [4.78, 5) is 0. The molecular formula is C12H17NO. The van der Waals surface area contributed by atoms with Crippen molar-refractivity contribution in [1.29, 1.82) is 0 Å². The highest BCUT2D eigenvalue weighted by atomic mass is 16.5. The molecule has 0 atom stereocenters. The van der Waals surface area contributed by atoms with Crippen LogP contribution in [0.5, 0.6) is 0 Å². The summed E-state index contributed by atoms with van der Waals surface area (Å²) < 4.78 is 5.71. The zero-order valence-electron chi connectivity index (χ0n) is 8.57. The SMILES string of the molecule is Cc1cccc(COC2CC(N)C2)c1. The number of aryl methyl sites for hydroxylation is 1. The van der Waals surface area contributed by atoms with Gasteiger partial charge in [-0.1, -0.05) is 29.8 Å². The van der Waals surface area contributed by atoms with E-state index >= 15 is 0 Å². The molecule has 1 aromatic carbocycles. The number of benzene rings is 1. The number of rotatable bonds is 3. The molecule has 1 fully saturated rings. The van der Waals surface area contributed by atoms with Gasteiger partial charge in [-0.25, -0.2) is 0 Å². The molecule has 2 rings (SSSR count). The second kappa shape index (κ2) is 4.11. The van der Waals surface area contributed by atoms with Crippen LogP contribution in [0.2, 0.25) is 0 Å². The van der Waals surface area contributed by atoms with Crippen molar-refractivity contribution in [3.8, 4) is 0 Å². The van der Waals surface area contributed by atoms with Crippen LogP contribution in [-0.2, 0) is 11.3 Å². The van der Waals surface area contributed by atoms with Gasteiger partial charge in [0.05, 0.1) is 12.7 Å². The van der Waals surface area contributed by atoms with E-state index in [1.165, 1.54) is 11.1 Å². The van der Waals surface area contributed by atoms with Gasteiger partial charge in [-0.05, 0) is 25.3 Å². The molecule has 0 unspecified atom stereocenters. The van der Waals surface area contributed by atoms with Crippen LogP contribution >= 0.6 is 0 Å². The summed E-state index contributed by atoms with van der Waals surface area (Å²) >= 11 is 0. The Morgan fingerprint density at radius 3 is 2.86 bits per heavy atom. The van der Waals surface area contributed by atoms with Gasteiger partial charge in [0.15, 0.2) is 0 Å². The summed E-state index contributed by atoms with van der Waals surface area (Å²) in [6.45, 7) is 2.82. The van der Waals surface area contributed by atoms with Gasteiger partial charge in [0.2, 0.25) is 0 Å². The molecule has 0 bridgehead atoms. The van der Waals surface area contributed by atoms with E-state index in [0.29, 0.717) is 12.1 Å². The predicted molar refractivity (Wildman–Crippen MR) is 57.0 cm³/mol. The van der Waals surface area contributed by atoms with Crippen molar-refractivity contribution in [2.24, 2.45) is 5.73 Å². The molecule has 1 saturated carbocycles. The topological polar surface area (TPSA) is 35.2 Å². The summed E-state index contributed by atoms with van der Waals surface area (Å²) in [5.41, 5.74) is 8.23. The van der Waals surface area contributed by atoms with Crippen LogP contribution in [0.3, 0.4) is 0 Å². The average Bonchev–Trinajstić information content (AvgIpc) is 2.11. The van der Waals surface area contributed by atoms with Gasteiger partial charge in [-0.15, -0.1) is 0 Å². The molecule has 2 N–H and O–H groups in total. The van der Waals surface area contributed by atoms with E-state index in [2.05, 4.69) is 31.2 Å². The Balaban J connectivity index is 1.80. The first kappa shape index (κ1) is 9.69. The molecule has 0 heterocycles. The quantitative estimate of drug-likeness (QED) is 0.793. The Labute approximate surface area is 85.1 Å². The van der Waals surface area contributed by atoms with Gasteiger partial charge < -0.3 is 10.5 Å². The maximum absolute atomic E-state index is 5.71.